The molecule has 0 fully saturated rings. The fraction of sp³-hybridized carbons (Fsp3) is 0.227. The lowest BCUT2D eigenvalue weighted by Gasteiger charge is -2.14. The molecule has 0 saturated carbocycles. The number of carboxylic acids is 1. The minimum atomic E-state index is -0.698. The Morgan fingerprint density at radius 2 is 1.58 bits per heavy atom. The molecule has 24 heavy (non-hydrogen) atoms. The molecule has 1 N–H and O–H groups in total. The fourth-order valence-electron chi connectivity index (χ4n) is 3.25. The Kier molecular flexibility index (Phi) is 5.27. The first-order valence-electron chi connectivity index (χ1n) is 8.47. The van der Waals surface area contributed by atoms with Crippen molar-refractivity contribution in [2.75, 3.05) is 0 Å². The minimum absolute atomic E-state index is 0.334. The highest BCUT2D eigenvalue weighted by Crippen LogP contribution is 2.23. The molecule has 0 aromatic heterocycles. The first-order valence-corrected chi connectivity index (χ1v) is 8.47. The maximum absolute atomic E-state index is 11.7. The van der Waals surface area contributed by atoms with Crippen LogP contribution in [0.15, 0.2) is 72.8 Å². The van der Waals surface area contributed by atoms with E-state index in [1.54, 1.807) is 0 Å². The number of aryl methyl sites for hydroxylation is 1. The molecule has 122 valence electrons. The molecular formula is C22H22O2. The van der Waals surface area contributed by atoms with Crippen molar-refractivity contribution in [1.29, 1.82) is 0 Å². The van der Waals surface area contributed by atoms with Crippen LogP contribution in [-0.2, 0) is 17.6 Å². The summed E-state index contributed by atoms with van der Waals surface area (Å²) in [6.45, 7) is 0. The second-order valence-electron chi connectivity index (χ2n) is 6.26. The molecule has 2 heteroatoms. The van der Waals surface area contributed by atoms with Gasteiger partial charge in [-0.3, -0.25) is 4.79 Å². The maximum Gasteiger partial charge on any atom is 0.306 e. The number of fused-ring (bicyclic) bond motifs is 1. The van der Waals surface area contributed by atoms with Crippen LogP contribution in [0.3, 0.4) is 0 Å². The van der Waals surface area contributed by atoms with E-state index in [9.17, 15) is 9.90 Å². The zero-order valence-corrected chi connectivity index (χ0v) is 13.7. The lowest BCUT2D eigenvalue weighted by Crippen LogP contribution is -2.17. The molecular weight excluding hydrogens is 296 g/mol. The van der Waals surface area contributed by atoms with Crippen LogP contribution in [0.2, 0.25) is 0 Å². The van der Waals surface area contributed by atoms with Crippen LogP contribution in [0.1, 0.15) is 24.0 Å². The standard InChI is InChI=1S/C22H22O2/c23-22(24)20(14-6-10-17-8-2-1-3-9-17)16-19-13-7-12-18-11-4-5-15-21(18)19/h1-5,7-9,11-13,15,20H,6,10,14,16H2,(H,23,24). The summed E-state index contributed by atoms with van der Waals surface area (Å²) in [6, 6.07) is 24.6. The number of carboxylic acid groups (broad SMARTS) is 1. The van der Waals surface area contributed by atoms with Crippen molar-refractivity contribution in [1.82, 2.24) is 0 Å². The third-order valence-corrected chi connectivity index (χ3v) is 4.56. The lowest BCUT2D eigenvalue weighted by molar-refractivity contribution is -0.141. The van der Waals surface area contributed by atoms with Gasteiger partial charge >= 0.3 is 5.97 Å². The number of hydrogen-bond donors (Lipinski definition) is 1. The average Bonchev–Trinajstić information content (AvgIpc) is 2.62. The number of carbonyl (C=O) groups is 1. The Balaban J connectivity index is 1.68. The second kappa shape index (κ2) is 7.78. The van der Waals surface area contributed by atoms with Gasteiger partial charge in [0.05, 0.1) is 5.92 Å². The topological polar surface area (TPSA) is 37.3 Å². The Hall–Kier alpha value is -2.61. The largest absolute Gasteiger partial charge is 0.481 e. The van der Waals surface area contributed by atoms with E-state index < -0.39 is 5.97 Å². The molecule has 0 aliphatic rings. The Bertz CT molecular complexity index is 803. The Labute approximate surface area is 142 Å². The first-order chi connectivity index (χ1) is 11.7. The average molecular weight is 318 g/mol. The molecule has 3 rings (SSSR count). The van der Waals surface area contributed by atoms with Gasteiger partial charge in [-0.25, -0.2) is 0 Å². The number of rotatable bonds is 7. The van der Waals surface area contributed by atoms with Gasteiger partial charge in [0.25, 0.3) is 0 Å². The third-order valence-electron chi connectivity index (χ3n) is 4.56. The van der Waals surface area contributed by atoms with Crippen molar-refractivity contribution >= 4 is 16.7 Å². The summed E-state index contributed by atoms with van der Waals surface area (Å²) >= 11 is 0. The molecule has 0 saturated heterocycles. The van der Waals surface area contributed by atoms with Gasteiger partial charge in [-0.15, -0.1) is 0 Å². The maximum atomic E-state index is 11.7. The van der Waals surface area contributed by atoms with E-state index in [-0.39, 0.29) is 5.92 Å². The van der Waals surface area contributed by atoms with Crippen LogP contribution in [0.5, 0.6) is 0 Å². The summed E-state index contributed by atoms with van der Waals surface area (Å²) in [5.74, 6) is -1.03. The summed E-state index contributed by atoms with van der Waals surface area (Å²) in [6.07, 6.45) is 3.12. The van der Waals surface area contributed by atoms with E-state index in [1.165, 1.54) is 10.9 Å². The molecule has 3 aromatic carbocycles. The predicted octanol–water partition coefficient (Wildman–Crippen LogP) is 5.11. The molecule has 0 aliphatic heterocycles. The van der Waals surface area contributed by atoms with Crippen LogP contribution in [0.25, 0.3) is 10.8 Å². The van der Waals surface area contributed by atoms with Crippen LogP contribution in [-0.4, -0.2) is 11.1 Å². The molecule has 0 amide bonds. The van der Waals surface area contributed by atoms with Crippen LogP contribution < -0.4 is 0 Å². The Morgan fingerprint density at radius 1 is 0.875 bits per heavy atom. The monoisotopic (exact) mass is 318 g/mol. The van der Waals surface area contributed by atoms with Crippen molar-refractivity contribution in [2.45, 2.75) is 25.7 Å². The molecule has 0 bridgehead atoms. The van der Waals surface area contributed by atoms with E-state index in [2.05, 4.69) is 36.4 Å². The zero-order chi connectivity index (χ0) is 16.8. The van der Waals surface area contributed by atoms with E-state index in [0.717, 1.165) is 23.8 Å². The molecule has 1 unspecified atom stereocenters. The molecule has 0 spiro atoms. The third kappa shape index (κ3) is 4.02. The van der Waals surface area contributed by atoms with Crippen molar-refractivity contribution in [3.05, 3.63) is 83.9 Å². The highest BCUT2D eigenvalue weighted by Gasteiger charge is 2.18. The quantitative estimate of drug-likeness (QED) is 0.657. The normalized spacial score (nSPS) is 12.2. The summed E-state index contributed by atoms with van der Waals surface area (Å²) < 4.78 is 0. The van der Waals surface area contributed by atoms with Gasteiger partial charge in [0.1, 0.15) is 0 Å². The number of hydrogen-bond acceptors (Lipinski definition) is 1. The SMILES string of the molecule is O=C(O)C(CCCc1ccccc1)Cc1cccc2ccccc12. The molecule has 0 heterocycles. The summed E-state index contributed by atoms with van der Waals surface area (Å²) in [5, 5.41) is 11.9. The second-order valence-corrected chi connectivity index (χ2v) is 6.26. The van der Waals surface area contributed by atoms with Crippen molar-refractivity contribution in [3.8, 4) is 0 Å². The molecule has 3 aromatic rings. The number of benzene rings is 3. The van der Waals surface area contributed by atoms with Crippen molar-refractivity contribution < 1.29 is 9.90 Å². The van der Waals surface area contributed by atoms with Crippen LogP contribution in [0, 0.1) is 5.92 Å². The highest BCUT2D eigenvalue weighted by atomic mass is 16.4. The van der Waals surface area contributed by atoms with Crippen LogP contribution >= 0.6 is 0 Å². The molecule has 0 radical (unpaired) electrons. The van der Waals surface area contributed by atoms with Crippen molar-refractivity contribution in [3.63, 3.8) is 0 Å². The summed E-state index contributed by atoms with van der Waals surface area (Å²) in [7, 11) is 0. The minimum Gasteiger partial charge on any atom is -0.481 e. The molecule has 0 aliphatic carbocycles. The predicted molar refractivity (Wildman–Crippen MR) is 98.2 cm³/mol. The van der Waals surface area contributed by atoms with Gasteiger partial charge < -0.3 is 5.11 Å². The molecule has 1 atom stereocenters. The lowest BCUT2D eigenvalue weighted by atomic mass is 9.91. The smallest absolute Gasteiger partial charge is 0.306 e. The van der Waals surface area contributed by atoms with E-state index in [4.69, 9.17) is 0 Å². The fourth-order valence-corrected chi connectivity index (χ4v) is 3.25. The van der Waals surface area contributed by atoms with Gasteiger partial charge in [0, 0.05) is 0 Å². The van der Waals surface area contributed by atoms with Gasteiger partial charge in [-0.1, -0.05) is 72.8 Å². The van der Waals surface area contributed by atoms with Crippen LogP contribution in [0.4, 0.5) is 0 Å². The number of aliphatic carboxylic acids is 1. The first kappa shape index (κ1) is 16.3. The van der Waals surface area contributed by atoms with E-state index >= 15 is 0 Å². The molecule has 2 nitrogen and oxygen atoms in total. The van der Waals surface area contributed by atoms with E-state index in [0.29, 0.717) is 12.8 Å². The van der Waals surface area contributed by atoms with Gasteiger partial charge in [-0.2, -0.15) is 0 Å². The highest BCUT2D eigenvalue weighted by molar-refractivity contribution is 5.86. The zero-order valence-electron chi connectivity index (χ0n) is 13.7. The van der Waals surface area contributed by atoms with E-state index in [1.807, 2.05) is 36.4 Å². The summed E-state index contributed by atoms with van der Waals surface area (Å²) in [5.41, 5.74) is 2.40. The van der Waals surface area contributed by atoms with Gasteiger partial charge in [0.2, 0.25) is 0 Å². The Morgan fingerprint density at radius 3 is 2.38 bits per heavy atom. The van der Waals surface area contributed by atoms with Crippen molar-refractivity contribution in [2.24, 2.45) is 5.92 Å². The van der Waals surface area contributed by atoms with Gasteiger partial charge in [-0.05, 0) is 47.6 Å². The van der Waals surface area contributed by atoms with Gasteiger partial charge in [0.15, 0.2) is 0 Å². The summed E-state index contributed by atoms with van der Waals surface area (Å²) in [4.78, 5) is 11.7.